The van der Waals surface area contributed by atoms with Crippen molar-refractivity contribution in [3.05, 3.63) is 12.7 Å². The monoisotopic (exact) mass is 611 g/mol. The Balaban J connectivity index is 1.30. The van der Waals surface area contributed by atoms with Gasteiger partial charge in [0.2, 0.25) is 0 Å². The van der Waals surface area contributed by atoms with Crippen molar-refractivity contribution >= 4 is 11.9 Å². The molecule has 0 amide bonds. The summed E-state index contributed by atoms with van der Waals surface area (Å²) >= 11 is 0. The van der Waals surface area contributed by atoms with E-state index in [2.05, 4.69) is 31.4 Å². The van der Waals surface area contributed by atoms with Crippen molar-refractivity contribution in [1.29, 1.82) is 0 Å². The number of ether oxygens (including phenoxy) is 2. The largest absolute Gasteiger partial charge is 0.460 e. The highest BCUT2D eigenvalue weighted by Gasteiger charge is 2.67. The molecule has 0 N–H and O–H groups in total. The lowest BCUT2D eigenvalue weighted by atomic mass is 9.44. The maximum Gasteiger partial charge on any atom is 0.308 e. The Labute approximate surface area is 268 Å². The standard InChI is InChI=1S/C38H63N2O4/c1-7-20-40(21-12-9-13-22-40)33-24-31-29-15-14-28-23-34(44-36(42)26(2)3)32(39-18-10-8-11-19-39)25-38(28,6)30(29)16-17-37(31,5)35(33)43-27(4)41/h7,26,28-35H,1,8-25H2,2-6H3/q+1/t28-,29+,30-,31-,32-,33-,34-,35-,37-,38-/m0/s1. The molecule has 6 aliphatic rings. The molecule has 6 fully saturated rings. The fourth-order valence-electron chi connectivity index (χ4n) is 12.2. The summed E-state index contributed by atoms with van der Waals surface area (Å²) in [7, 11) is 0. The zero-order valence-corrected chi connectivity index (χ0v) is 28.7. The molecule has 2 saturated heterocycles. The molecule has 2 aliphatic heterocycles. The van der Waals surface area contributed by atoms with Gasteiger partial charge >= 0.3 is 11.9 Å². The number of rotatable bonds is 7. The van der Waals surface area contributed by atoms with E-state index >= 15 is 0 Å². The fourth-order valence-corrected chi connectivity index (χ4v) is 12.2. The molecule has 0 unspecified atom stereocenters. The lowest BCUT2D eigenvalue weighted by molar-refractivity contribution is -0.952. The van der Waals surface area contributed by atoms with Crippen LogP contribution in [0, 0.1) is 40.4 Å². The number of carbonyl (C=O) groups excluding carboxylic acids is 2. The van der Waals surface area contributed by atoms with Gasteiger partial charge in [-0.15, -0.1) is 0 Å². The summed E-state index contributed by atoms with van der Waals surface area (Å²) in [5, 5.41) is 0. The summed E-state index contributed by atoms with van der Waals surface area (Å²) in [6.45, 7) is 20.6. The molecule has 0 aromatic rings. The van der Waals surface area contributed by atoms with E-state index in [-0.39, 0.29) is 40.9 Å². The fraction of sp³-hybridized carbons (Fsp3) is 0.895. The van der Waals surface area contributed by atoms with Crippen molar-refractivity contribution in [2.24, 2.45) is 40.4 Å². The van der Waals surface area contributed by atoms with E-state index in [1.165, 1.54) is 77.3 Å². The van der Waals surface area contributed by atoms with Crippen LogP contribution in [0.3, 0.4) is 0 Å². The van der Waals surface area contributed by atoms with Crippen LogP contribution in [0.25, 0.3) is 0 Å². The molecule has 0 aromatic heterocycles. The van der Waals surface area contributed by atoms with Gasteiger partial charge in [0.05, 0.1) is 25.6 Å². The number of hydrogen-bond donors (Lipinski definition) is 0. The first-order valence-electron chi connectivity index (χ1n) is 18.6. The Morgan fingerprint density at radius 2 is 1.64 bits per heavy atom. The van der Waals surface area contributed by atoms with Crippen molar-refractivity contribution in [2.45, 2.75) is 142 Å². The summed E-state index contributed by atoms with van der Waals surface area (Å²) in [5.74, 6) is 2.38. The summed E-state index contributed by atoms with van der Waals surface area (Å²) in [4.78, 5) is 28.3. The maximum absolute atomic E-state index is 12.9. The lowest BCUT2D eigenvalue weighted by Crippen LogP contribution is -2.63. The first kappa shape index (κ1) is 32.5. The average molecular weight is 612 g/mol. The Bertz CT molecular complexity index is 1060. The number of quaternary nitrogens is 1. The van der Waals surface area contributed by atoms with Gasteiger partial charge in [-0.2, -0.15) is 0 Å². The van der Waals surface area contributed by atoms with Crippen LogP contribution in [-0.2, 0) is 19.1 Å². The van der Waals surface area contributed by atoms with Crippen molar-refractivity contribution in [3.63, 3.8) is 0 Å². The molecule has 4 saturated carbocycles. The number of carbonyl (C=O) groups is 2. The molecule has 0 aromatic carbocycles. The average Bonchev–Trinajstić information content (AvgIpc) is 3.30. The van der Waals surface area contributed by atoms with Gasteiger partial charge in [0.25, 0.3) is 0 Å². The van der Waals surface area contributed by atoms with Gasteiger partial charge in [-0.1, -0.05) is 40.7 Å². The normalized spacial score (nSPS) is 43.8. The van der Waals surface area contributed by atoms with Crippen LogP contribution >= 0.6 is 0 Å². The minimum Gasteiger partial charge on any atom is -0.460 e. The molecule has 6 heteroatoms. The molecule has 6 nitrogen and oxygen atoms in total. The molecule has 0 spiro atoms. The van der Waals surface area contributed by atoms with Crippen LogP contribution in [0.2, 0.25) is 0 Å². The van der Waals surface area contributed by atoms with E-state index < -0.39 is 0 Å². The van der Waals surface area contributed by atoms with Crippen LogP contribution in [0.4, 0.5) is 0 Å². The van der Waals surface area contributed by atoms with Crippen LogP contribution in [0.15, 0.2) is 12.7 Å². The van der Waals surface area contributed by atoms with Crippen LogP contribution in [0.1, 0.15) is 118 Å². The third kappa shape index (κ3) is 5.60. The highest BCUT2D eigenvalue weighted by atomic mass is 16.5. The summed E-state index contributed by atoms with van der Waals surface area (Å²) < 4.78 is 13.9. The zero-order chi connectivity index (χ0) is 31.3. The minimum atomic E-state index is -0.105. The van der Waals surface area contributed by atoms with Crippen molar-refractivity contribution < 1.29 is 23.5 Å². The molecule has 0 bridgehead atoms. The van der Waals surface area contributed by atoms with Gasteiger partial charge < -0.3 is 14.0 Å². The quantitative estimate of drug-likeness (QED) is 0.174. The van der Waals surface area contributed by atoms with E-state index in [0.29, 0.717) is 35.8 Å². The third-order valence-electron chi connectivity index (χ3n) is 14.4. The van der Waals surface area contributed by atoms with E-state index in [1.54, 1.807) is 6.92 Å². The summed E-state index contributed by atoms with van der Waals surface area (Å²) in [5.41, 5.74) is 0.307. The van der Waals surface area contributed by atoms with Crippen LogP contribution < -0.4 is 0 Å². The van der Waals surface area contributed by atoms with Crippen molar-refractivity contribution in [3.8, 4) is 0 Å². The highest BCUT2D eigenvalue weighted by Crippen LogP contribution is 2.68. The first-order valence-corrected chi connectivity index (χ1v) is 18.6. The summed E-state index contributed by atoms with van der Waals surface area (Å²) in [6, 6.07) is 0.718. The van der Waals surface area contributed by atoms with Crippen LogP contribution in [0.5, 0.6) is 0 Å². The molecule has 6 rings (SSSR count). The van der Waals surface area contributed by atoms with Gasteiger partial charge in [0.1, 0.15) is 12.1 Å². The highest BCUT2D eigenvalue weighted by molar-refractivity contribution is 5.71. The van der Waals surface area contributed by atoms with Crippen LogP contribution in [-0.4, -0.2) is 78.3 Å². The second-order valence-electron chi connectivity index (χ2n) is 17.0. The number of hydrogen-bond acceptors (Lipinski definition) is 5. The Hall–Kier alpha value is -1.40. The molecule has 10 atom stereocenters. The first-order chi connectivity index (χ1) is 21.0. The number of fused-ring (bicyclic) bond motifs is 5. The molecule has 44 heavy (non-hydrogen) atoms. The van der Waals surface area contributed by atoms with Crippen molar-refractivity contribution in [2.75, 3.05) is 32.7 Å². The Morgan fingerprint density at radius 1 is 0.932 bits per heavy atom. The van der Waals surface area contributed by atoms with E-state index in [9.17, 15) is 9.59 Å². The maximum atomic E-state index is 12.9. The van der Waals surface area contributed by atoms with Gasteiger partial charge in [-0.25, -0.2) is 0 Å². The molecule has 4 aliphatic carbocycles. The Kier molecular flexibility index (Phi) is 9.36. The molecule has 2 heterocycles. The number of esters is 2. The van der Waals surface area contributed by atoms with E-state index in [4.69, 9.17) is 9.47 Å². The van der Waals surface area contributed by atoms with Gasteiger partial charge in [0, 0.05) is 24.8 Å². The van der Waals surface area contributed by atoms with Crippen molar-refractivity contribution in [1.82, 2.24) is 4.90 Å². The zero-order valence-electron chi connectivity index (χ0n) is 28.7. The lowest BCUT2D eigenvalue weighted by Gasteiger charge is -2.62. The predicted octanol–water partition coefficient (Wildman–Crippen LogP) is 7.16. The number of nitrogens with zero attached hydrogens (tertiary/aromatic N) is 2. The minimum absolute atomic E-state index is 0.00168. The van der Waals surface area contributed by atoms with E-state index in [0.717, 1.165) is 43.4 Å². The molecular formula is C38H63N2O4+. The predicted molar refractivity (Wildman–Crippen MR) is 175 cm³/mol. The topological polar surface area (TPSA) is 55.8 Å². The second kappa shape index (κ2) is 12.7. The Morgan fingerprint density at radius 3 is 2.30 bits per heavy atom. The van der Waals surface area contributed by atoms with Gasteiger partial charge in [-0.05, 0) is 119 Å². The third-order valence-corrected chi connectivity index (χ3v) is 14.4. The van der Waals surface area contributed by atoms with Gasteiger partial charge in [-0.3, -0.25) is 14.5 Å². The molecule has 0 radical (unpaired) electrons. The summed E-state index contributed by atoms with van der Waals surface area (Å²) in [6.07, 6.45) is 18.1. The molecular weight excluding hydrogens is 548 g/mol. The van der Waals surface area contributed by atoms with E-state index in [1.807, 2.05) is 13.8 Å². The molecule has 248 valence electrons. The smallest absolute Gasteiger partial charge is 0.308 e. The number of likely N-dealkylation sites (tertiary alicyclic amines) is 2. The van der Waals surface area contributed by atoms with Gasteiger partial charge in [0.15, 0.2) is 6.10 Å². The second-order valence-corrected chi connectivity index (χ2v) is 17.0. The SMILES string of the molecule is C=CC[N+]1([C@H]2C[C@H]3[C@@H]4CC[C@H]5C[C@H](OC(=O)C(C)C)[C@@H](N6CCCCC6)C[C@]5(C)[C@H]4CC[C@]3(C)[C@H]2OC(C)=O)CCCCC1. The number of piperidine rings is 2.